The molecule has 0 unspecified atom stereocenters. The van der Waals surface area contributed by atoms with Gasteiger partial charge in [-0.05, 0) is 24.0 Å². The van der Waals surface area contributed by atoms with Gasteiger partial charge in [0.25, 0.3) is 0 Å². The lowest BCUT2D eigenvalue weighted by Crippen LogP contribution is -2.26. The smallest absolute Gasteiger partial charge is 0.429 e. The van der Waals surface area contributed by atoms with Crippen LogP contribution in [0.2, 0.25) is 0 Å². The van der Waals surface area contributed by atoms with Crippen LogP contribution in [0, 0.1) is 23.3 Å². The molecule has 0 aliphatic heterocycles. The minimum Gasteiger partial charge on any atom is -0.429 e. The Morgan fingerprint density at radius 2 is 1.38 bits per heavy atom. The van der Waals surface area contributed by atoms with Crippen LogP contribution >= 0.6 is 0 Å². The summed E-state index contributed by atoms with van der Waals surface area (Å²) in [5, 5.41) is 12.3. The minimum atomic E-state index is -5.50. The van der Waals surface area contributed by atoms with Gasteiger partial charge in [-0.15, -0.1) is 13.2 Å². The summed E-state index contributed by atoms with van der Waals surface area (Å²) in [5.74, 6) is -12.7. The first-order valence-electron chi connectivity index (χ1n) is 10.8. The molecule has 0 saturated heterocycles. The van der Waals surface area contributed by atoms with Crippen molar-refractivity contribution < 1.29 is 54.1 Å². The Kier molecular flexibility index (Phi) is 8.19. The molecule has 199 valence electrons. The van der Waals surface area contributed by atoms with E-state index in [1.165, 1.54) is 12.1 Å². The van der Waals surface area contributed by atoms with Gasteiger partial charge in [-0.25, -0.2) is 17.6 Å². The summed E-state index contributed by atoms with van der Waals surface area (Å²) in [6.45, 7) is 2.01. The zero-order chi connectivity index (χ0) is 27.5. The SMILES string of the molecule is CCCCCc1ccc(-c2c([O])cc(F)c(C(F)(F)Oc3cc(F)c(OC(F)(F)F)c(F)c3)c2F)cc1. The van der Waals surface area contributed by atoms with Gasteiger partial charge >= 0.3 is 12.5 Å². The van der Waals surface area contributed by atoms with E-state index in [-0.39, 0.29) is 23.8 Å². The largest absolute Gasteiger partial charge is 0.573 e. The van der Waals surface area contributed by atoms with Crippen LogP contribution < -0.4 is 9.47 Å². The van der Waals surface area contributed by atoms with E-state index < -0.39 is 64.1 Å². The number of rotatable bonds is 9. The standard InChI is InChI=1S/C25H18F9O3/c1-2-3-4-5-13-6-8-14(9-7-13)20-19(35)12-16(26)21(22(20)29)24(30,31)36-15-10-17(27)23(18(28)11-15)37-25(32,33)34/h6-12H,2-5H2,1H3. The normalized spacial score (nSPS) is 12.1. The number of hydrogen-bond donors (Lipinski definition) is 0. The van der Waals surface area contributed by atoms with Crippen LogP contribution in [0.25, 0.3) is 11.1 Å². The maximum absolute atomic E-state index is 15.1. The fourth-order valence-electron chi connectivity index (χ4n) is 3.56. The zero-order valence-electron chi connectivity index (χ0n) is 19.0. The average molecular weight is 537 g/mol. The van der Waals surface area contributed by atoms with Crippen molar-refractivity contribution in [2.24, 2.45) is 0 Å². The molecule has 3 rings (SSSR count). The Hall–Kier alpha value is -3.57. The molecule has 0 aliphatic rings. The van der Waals surface area contributed by atoms with E-state index in [2.05, 4.69) is 9.47 Å². The molecule has 3 aromatic carbocycles. The summed E-state index contributed by atoms with van der Waals surface area (Å²) < 4.78 is 131. The minimum absolute atomic E-state index is 0.0893. The number of hydrogen-bond acceptors (Lipinski definition) is 2. The molecule has 0 heterocycles. The van der Waals surface area contributed by atoms with Gasteiger partial charge in [0.05, 0.1) is 5.56 Å². The second kappa shape index (κ2) is 10.8. The number of unbranched alkanes of at least 4 members (excludes halogenated alkanes) is 2. The van der Waals surface area contributed by atoms with Crippen molar-refractivity contribution in [1.29, 1.82) is 0 Å². The van der Waals surface area contributed by atoms with Gasteiger partial charge in [0.1, 0.15) is 17.1 Å². The monoisotopic (exact) mass is 537 g/mol. The Balaban J connectivity index is 1.96. The molecule has 0 atom stereocenters. The van der Waals surface area contributed by atoms with E-state index in [1.807, 2.05) is 6.92 Å². The molecule has 1 radical (unpaired) electrons. The average Bonchev–Trinajstić information content (AvgIpc) is 2.76. The van der Waals surface area contributed by atoms with Crippen molar-refractivity contribution in [3.63, 3.8) is 0 Å². The zero-order valence-corrected chi connectivity index (χ0v) is 19.0. The van der Waals surface area contributed by atoms with Crippen LogP contribution in [0.4, 0.5) is 39.5 Å². The van der Waals surface area contributed by atoms with Crippen LogP contribution in [-0.4, -0.2) is 6.36 Å². The van der Waals surface area contributed by atoms with Crippen LogP contribution in [0.1, 0.15) is 37.3 Å². The highest BCUT2D eigenvalue weighted by molar-refractivity contribution is 5.72. The Morgan fingerprint density at radius 1 is 0.784 bits per heavy atom. The molecule has 3 aromatic rings. The first kappa shape index (κ1) is 28.0. The maximum atomic E-state index is 15.1. The molecule has 37 heavy (non-hydrogen) atoms. The Labute approximate surface area is 205 Å². The summed E-state index contributed by atoms with van der Waals surface area (Å²) in [5.41, 5.74) is -2.23. The molecule has 0 fully saturated rings. The van der Waals surface area contributed by atoms with E-state index in [4.69, 9.17) is 0 Å². The van der Waals surface area contributed by atoms with E-state index in [9.17, 15) is 40.2 Å². The summed E-state index contributed by atoms with van der Waals surface area (Å²) in [4.78, 5) is 0. The van der Waals surface area contributed by atoms with Crippen molar-refractivity contribution in [3.8, 4) is 28.4 Å². The molecule has 0 amide bonds. The fourth-order valence-corrected chi connectivity index (χ4v) is 3.56. The lowest BCUT2D eigenvalue weighted by molar-refractivity contribution is -0.276. The summed E-state index contributed by atoms with van der Waals surface area (Å²) >= 11 is 0. The molecular weight excluding hydrogens is 519 g/mol. The Bertz CT molecular complexity index is 1230. The topological polar surface area (TPSA) is 38.4 Å². The van der Waals surface area contributed by atoms with Crippen molar-refractivity contribution in [2.75, 3.05) is 0 Å². The molecule has 12 heteroatoms. The van der Waals surface area contributed by atoms with E-state index in [0.29, 0.717) is 6.42 Å². The Morgan fingerprint density at radius 3 is 1.92 bits per heavy atom. The summed E-state index contributed by atoms with van der Waals surface area (Å²) in [6.07, 6.45) is -6.95. The van der Waals surface area contributed by atoms with Crippen molar-refractivity contribution in [2.45, 2.75) is 45.1 Å². The molecule has 3 nitrogen and oxygen atoms in total. The lowest BCUT2D eigenvalue weighted by Gasteiger charge is -2.21. The molecule has 0 spiro atoms. The van der Waals surface area contributed by atoms with Crippen LogP contribution in [0.5, 0.6) is 17.2 Å². The first-order chi connectivity index (χ1) is 17.2. The van der Waals surface area contributed by atoms with Gasteiger partial charge in [-0.2, -0.15) is 8.78 Å². The quantitative estimate of drug-likeness (QED) is 0.202. The highest BCUT2D eigenvalue weighted by Gasteiger charge is 2.43. The van der Waals surface area contributed by atoms with E-state index in [0.717, 1.165) is 24.8 Å². The molecule has 0 aliphatic carbocycles. The molecule has 0 saturated carbocycles. The van der Waals surface area contributed by atoms with Gasteiger partial charge < -0.3 is 9.47 Å². The number of halogens is 9. The third-order valence-electron chi connectivity index (χ3n) is 5.22. The highest BCUT2D eigenvalue weighted by atomic mass is 19.4. The number of ether oxygens (including phenoxy) is 2. The predicted molar refractivity (Wildman–Crippen MR) is 113 cm³/mol. The van der Waals surface area contributed by atoms with Gasteiger partial charge in [0.15, 0.2) is 23.2 Å². The third-order valence-corrected chi connectivity index (χ3v) is 5.22. The first-order valence-corrected chi connectivity index (χ1v) is 10.8. The maximum Gasteiger partial charge on any atom is 0.573 e. The van der Waals surface area contributed by atoms with Gasteiger partial charge in [-0.3, -0.25) is 5.11 Å². The van der Waals surface area contributed by atoms with Gasteiger partial charge in [-0.1, -0.05) is 44.0 Å². The molecule has 0 aromatic heterocycles. The van der Waals surface area contributed by atoms with Crippen molar-refractivity contribution in [1.82, 2.24) is 0 Å². The second-order valence-corrected chi connectivity index (χ2v) is 7.96. The lowest BCUT2D eigenvalue weighted by atomic mass is 9.97. The van der Waals surface area contributed by atoms with Gasteiger partial charge in [0.2, 0.25) is 5.75 Å². The van der Waals surface area contributed by atoms with Gasteiger partial charge in [0, 0.05) is 18.2 Å². The van der Waals surface area contributed by atoms with Crippen LogP contribution in [-0.2, 0) is 17.6 Å². The summed E-state index contributed by atoms with van der Waals surface area (Å²) in [7, 11) is 0. The number of benzene rings is 3. The number of alkyl halides is 5. The van der Waals surface area contributed by atoms with E-state index >= 15 is 4.39 Å². The van der Waals surface area contributed by atoms with Crippen molar-refractivity contribution >= 4 is 0 Å². The number of aryl methyl sites for hydroxylation is 1. The summed E-state index contributed by atoms with van der Waals surface area (Å²) in [6, 6.07) is 5.62. The highest BCUT2D eigenvalue weighted by Crippen LogP contribution is 2.43. The van der Waals surface area contributed by atoms with Crippen LogP contribution in [0.15, 0.2) is 42.5 Å². The second-order valence-electron chi connectivity index (χ2n) is 7.96. The third kappa shape index (κ3) is 6.60. The van der Waals surface area contributed by atoms with Crippen molar-refractivity contribution in [3.05, 3.63) is 76.9 Å². The molecule has 0 N–H and O–H groups in total. The molecule has 0 bridgehead atoms. The van der Waals surface area contributed by atoms with Crippen LogP contribution in [0.3, 0.4) is 0 Å². The fraction of sp³-hybridized carbons (Fsp3) is 0.280. The van der Waals surface area contributed by atoms with E-state index in [1.54, 1.807) is 12.1 Å². The molecular formula is C25H18F9O3. The predicted octanol–water partition coefficient (Wildman–Crippen LogP) is 8.81.